The molecule has 0 aliphatic heterocycles. The number of aliphatic hydroxyl groups is 1. The van der Waals surface area contributed by atoms with Crippen LogP contribution in [0.1, 0.15) is 24.3 Å². The summed E-state index contributed by atoms with van der Waals surface area (Å²) >= 11 is 6.03. The highest BCUT2D eigenvalue weighted by molar-refractivity contribution is 14.0. The first kappa shape index (κ1) is 22.7. The van der Waals surface area contributed by atoms with E-state index in [4.69, 9.17) is 11.6 Å². The van der Waals surface area contributed by atoms with Gasteiger partial charge in [0.15, 0.2) is 5.96 Å². The van der Waals surface area contributed by atoms with Crippen molar-refractivity contribution in [2.24, 2.45) is 12.0 Å². The lowest BCUT2D eigenvalue weighted by Gasteiger charge is -2.23. The monoisotopic (exact) mass is 494 g/mol. The van der Waals surface area contributed by atoms with Crippen LogP contribution in [0.25, 0.3) is 0 Å². The highest BCUT2D eigenvalue weighted by atomic mass is 127. The first-order valence-electron chi connectivity index (χ1n) is 8.14. The van der Waals surface area contributed by atoms with Crippen LogP contribution in [0.4, 0.5) is 4.39 Å². The van der Waals surface area contributed by atoms with Gasteiger partial charge in [0.05, 0.1) is 24.2 Å². The molecule has 2 aromatic rings. The highest BCUT2D eigenvalue weighted by Gasteiger charge is 2.12. The molecule has 0 bridgehead atoms. The molecular weight excluding hydrogens is 470 g/mol. The Kier molecular flexibility index (Phi) is 9.38. The van der Waals surface area contributed by atoms with Crippen molar-refractivity contribution < 1.29 is 9.50 Å². The maximum Gasteiger partial charge on any atom is 0.194 e. The van der Waals surface area contributed by atoms with Gasteiger partial charge in [0.25, 0.3) is 0 Å². The van der Waals surface area contributed by atoms with E-state index in [1.807, 2.05) is 42.7 Å². The second-order valence-electron chi connectivity index (χ2n) is 5.88. The van der Waals surface area contributed by atoms with Gasteiger partial charge in [-0.1, -0.05) is 23.7 Å². The molecule has 2 rings (SSSR count). The number of hydrogen-bond donors (Lipinski definition) is 2. The molecule has 1 aromatic carbocycles. The average molecular weight is 495 g/mol. The molecule has 2 N–H and O–H groups in total. The van der Waals surface area contributed by atoms with E-state index in [1.54, 1.807) is 12.1 Å². The smallest absolute Gasteiger partial charge is 0.194 e. The molecule has 5 nitrogen and oxygen atoms in total. The molecule has 144 valence electrons. The van der Waals surface area contributed by atoms with E-state index < -0.39 is 6.10 Å². The van der Waals surface area contributed by atoms with Gasteiger partial charge < -0.3 is 19.9 Å². The minimum atomic E-state index is -0.785. The van der Waals surface area contributed by atoms with Crippen LogP contribution in [0.5, 0.6) is 0 Å². The fraction of sp³-hybridized carbons (Fsp3) is 0.389. The second-order valence-corrected chi connectivity index (χ2v) is 6.32. The van der Waals surface area contributed by atoms with Gasteiger partial charge >= 0.3 is 0 Å². The van der Waals surface area contributed by atoms with Crippen molar-refractivity contribution in [2.45, 2.75) is 19.6 Å². The van der Waals surface area contributed by atoms with Crippen LogP contribution in [-0.4, -0.2) is 40.7 Å². The van der Waals surface area contributed by atoms with Gasteiger partial charge in [0, 0.05) is 32.5 Å². The summed E-state index contributed by atoms with van der Waals surface area (Å²) in [5.74, 6) is 0.356. The van der Waals surface area contributed by atoms with Crippen molar-refractivity contribution in [3.05, 3.63) is 58.6 Å². The molecular formula is C18H25ClFIN4O. The Hall–Kier alpha value is -1.32. The molecule has 0 radical (unpaired) electrons. The number of aliphatic imine (C=N–C) groups is 1. The number of hydrogen-bond acceptors (Lipinski definition) is 2. The molecule has 0 fully saturated rings. The number of aromatic nitrogens is 1. The van der Waals surface area contributed by atoms with E-state index >= 15 is 0 Å². The van der Waals surface area contributed by atoms with Gasteiger partial charge in [-0.2, -0.15) is 0 Å². The Morgan fingerprint density at radius 1 is 1.38 bits per heavy atom. The fourth-order valence-corrected chi connectivity index (χ4v) is 2.75. The summed E-state index contributed by atoms with van der Waals surface area (Å²) in [6, 6.07) is 7.71. The molecule has 1 unspecified atom stereocenters. The number of aryl methyl sites for hydroxylation is 1. The number of rotatable bonds is 6. The highest BCUT2D eigenvalue weighted by Crippen LogP contribution is 2.15. The second kappa shape index (κ2) is 10.7. The van der Waals surface area contributed by atoms with Crippen molar-refractivity contribution in [1.82, 2.24) is 14.8 Å². The Labute approximate surface area is 175 Å². The predicted octanol–water partition coefficient (Wildman–Crippen LogP) is 3.57. The minimum Gasteiger partial charge on any atom is -0.386 e. The zero-order valence-corrected chi connectivity index (χ0v) is 18.2. The van der Waals surface area contributed by atoms with Crippen molar-refractivity contribution >= 4 is 41.5 Å². The SMILES string of the molecule is CCNC(=NCC(O)c1ccc(F)cc1)N(C)Cc1cc(Cl)cn1C.I. The number of halogens is 3. The van der Waals surface area contributed by atoms with Crippen LogP contribution in [0.3, 0.4) is 0 Å². The number of aliphatic hydroxyl groups excluding tert-OH is 1. The largest absolute Gasteiger partial charge is 0.386 e. The molecule has 0 aliphatic rings. The van der Waals surface area contributed by atoms with Crippen molar-refractivity contribution in [1.29, 1.82) is 0 Å². The van der Waals surface area contributed by atoms with Gasteiger partial charge in [-0.25, -0.2) is 4.39 Å². The van der Waals surface area contributed by atoms with E-state index in [2.05, 4.69) is 10.3 Å². The van der Waals surface area contributed by atoms with Gasteiger partial charge in [0.1, 0.15) is 5.82 Å². The van der Waals surface area contributed by atoms with Gasteiger partial charge in [-0.15, -0.1) is 24.0 Å². The van der Waals surface area contributed by atoms with Crippen LogP contribution < -0.4 is 5.32 Å². The summed E-state index contributed by atoms with van der Waals surface area (Å²) < 4.78 is 14.9. The fourth-order valence-electron chi connectivity index (χ4n) is 2.47. The molecule has 8 heteroatoms. The van der Waals surface area contributed by atoms with Gasteiger partial charge in [-0.3, -0.25) is 4.99 Å². The molecule has 0 spiro atoms. The zero-order chi connectivity index (χ0) is 18.4. The molecule has 0 saturated heterocycles. The summed E-state index contributed by atoms with van der Waals surface area (Å²) in [5, 5.41) is 14.2. The third-order valence-corrected chi connectivity index (χ3v) is 4.05. The predicted molar refractivity (Wildman–Crippen MR) is 115 cm³/mol. The van der Waals surface area contributed by atoms with Gasteiger partial charge in [-0.05, 0) is 30.7 Å². The topological polar surface area (TPSA) is 52.8 Å². The molecule has 1 atom stereocenters. The summed E-state index contributed by atoms with van der Waals surface area (Å²) in [6.45, 7) is 3.51. The zero-order valence-electron chi connectivity index (χ0n) is 15.1. The molecule has 0 aliphatic carbocycles. The van der Waals surface area contributed by atoms with E-state index in [1.165, 1.54) is 12.1 Å². The molecule has 26 heavy (non-hydrogen) atoms. The first-order chi connectivity index (χ1) is 11.9. The maximum absolute atomic E-state index is 13.0. The molecule has 0 amide bonds. The molecule has 1 aromatic heterocycles. The first-order valence-corrected chi connectivity index (χ1v) is 8.52. The van der Waals surface area contributed by atoms with Crippen LogP contribution in [-0.2, 0) is 13.6 Å². The maximum atomic E-state index is 13.0. The van der Waals surface area contributed by atoms with E-state index in [-0.39, 0.29) is 36.3 Å². The van der Waals surface area contributed by atoms with Crippen LogP contribution in [0.2, 0.25) is 5.02 Å². The summed E-state index contributed by atoms with van der Waals surface area (Å²) in [5.41, 5.74) is 1.69. The lowest BCUT2D eigenvalue weighted by Crippen LogP contribution is -2.39. The van der Waals surface area contributed by atoms with Crippen molar-refractivity contribution in [3.63, 3.8) is 0 Å². The van der Waals surface area contributed by atoms with E-state index in [9.17, 15) is 9.50 Å². The van der Waals surface area contributed by atoms with Crippen molar-refractivity contribution in [3.8, 4) is 0 Å². The normalized spacial score (nSPS) is 12.5. The third-order valence-electron chi connectivity index (χ3n) is 3.84. The summed E-state index contributed by atoms with van der Waals surface area (Å²) in [4.78, 5) is 6.46. The van der Waals surface area contributed by atoms with Crippen LogP contribution in [0.15, 0.2) is 41.5 Å². The van der Waals surface area contributed by atoms with Crippen LogP contribution >= 0.6 is 35.6 Å². The summed E-state index contributed by atoms with van der Waals surface area (Å²) in [6.07, 6.45) is 1.07. The number of nitrogens with one attached hydrogen (secondary N) is 1. The average Bonchev–Trinajstić information content (AvgIpc) is 2.89. The number of nitrogens with zero attached hydrogens (tertiary/aromatic N) is 3. The Bertz CT molecular complexity index is 720. The lowest BCUT2D eigenvalue weighted by molar-refractivity contribution is 0.186. The van der Waals surface area contributed by atoms with E-state index in [0.717, 1.165) is 5.69 Å². The van der Waals surface area contributed by atoms with Crippen molar-refractivity contribution in [2.75, 3.05) is 20.1 Å². The Morgan fingerprint density at radius 2 is 2.04 bits per heavy atom. The van der Waals surface area contributed by atoms with Crippen LogP contribution in [0, 0.1) is 5.82 Å². The Balaban J connectivity index is 0.00000338. The Morgan fingerprint density at radius 3 is 2.58 bits per heavy atom. The molecule has 0 saturated carbocycles. The quantitative estimate of drug-likeness (QED) is 0.367. The van der Waals surface area contributed by atoms with E-state index in [0.29, 0.717) is 29.6 Å². The minimum absolute atomic E-state index is 0. The number of benzene rings is 1. The summed E-state index contributed by atoms with van der Waals surface area (Å²) in [7, 11) is 3.87. The standard InChI is InChI=1S/C18H24ClFN4O.HI/c1-4-21-18(24(3)12-16-9-14(19)11-23(16)2)22-10-17(25)13-5-7-15(20)8-6-13;/h5-9,11,17,25H,4,10,12H2,1-3H3,(H,21,22);1H. The number of guanidine groups is 1. The third kappa shape index (κ3) is 6.44. The lowest BCUT2D eigenvalue weighted by atomic mass is 10.1. The molecule has 1 heterocycles. The van der Waals surface area contributed by atoms with Gasteiger partial charge in [0.2, 0.25) is 0 Å².